The van der Waals surface area contributed by atoms with Gasteiger partial charge in [-0.15, -0.1) is 12.4 Å². The first-order chi connectivity index (χ1) is 9.02. The van der Waals surface area contributed by atoms with Gasteiger partial charge in [0.2, 0.25) is 11.8 Å². The van der Waals surface area contributed by atoms with Gasteiger partial charge in [-0.3, -0.25) is 9.59 Å². The lowest BCUT2D eigenvalue weighted by Gasteiger charge is -2.23. The maximum atomic E-state index is 12.1. The quantitative estimate of drug-likeness (QED) is 0.624. The number of halogens is 1. The highest BCUT2D eigenvalue weighted by atomic mass is 35.5. The Bertz CT molecular complexity index is 273. The second kappa shape index (κ2) is 13.2. The fourth-order valence-electron chi connectivity index (χ4n) is 1.80. The molecule has 120 valence electrons. The molecule has 0 spiro atoms. The van der Waals surface area contributed by atoms with E-state index in [9.17, 15) is 9.59 Å². The average molecular weight is 308 g/mol. The van der Waals surface area contributed by atoms with Crippen LogP contribution in [0.15, 0.2) is 0 Å². The molecule has 0 aliphatic rings. The van der Waals surface area contributed by atoms with Crippen LogP contribution >= 0.6 is 12.4 Å². The van der Waals surface area contributed by atoms with Crippen LogP contribution in [-0.4, -0.2) is 55.3 Å². The van der Waals surface area contributed by atoms with Crippen molar-refractivity contribution in [3.05, 3.63) is 0 Å². The Morgan fingerprint density at radius 1 is 1.00 bits per heavy atom. The van der Waals surface area contributed by atoms with Gasteiger partial charge in [0.25, 0.3) is 0 Å². The third-order valence-corrected chi connectivity index (χ3v) is 3.02. The molecule has 0 heterocycles. The number of carbonyl (C=O) groups is 2. The summed E-state index contributed by atoms with van der Waals surface area (Å²) >= 11 is 0. The van der Waals surface area contributed by atoms with E-state index in [2.05, 4.69) is 0 Å². The van der Waals surface area contributed by atoms with Gasteiger partial charge in [0.05, 0.1) is 6.54 Å². The molecule has 0 fully saturated rings. The molecule has 0 aromatic heterocycles. The molecule has 0 saturated heterocycles. The molecule has 0 unspecified atom stereocenters. The Balaban J connectivity index is 0. The molecule has 6 heteroatoms. The van der Waals surface area contributed by atoms with Gasteiger partial charge in [-0.05, 0) is 25.8 Å². The van der Waals surface area contributed by atoms with E-state index in [1.165, 1.54) is 4.90 Å². The zero-order chi connectivity index (χ0) is 14.7. The highest BCUT2D eigenvalue weighted by molar-refractivity contribution is 5.85. The third-order valence-electron chi connectivity index (χ3n) is 3.02. The molecule has 2 amide bonds. The van der Waals surface area contributed by atoms with Crippen molar-refractivity contribution in [3.8, 4) is 0 Å². The molecule has 0 aromatic carbocycles. The number of likely N-dealkylation sites (N-methyl/N-ethyl adjacent to an activating group) is 1. The van der Waals surface area contributed by atoms with Crippen LogP contribution in [0.5, 0.6) is 0 Å². The lowest BCUT2D eigenvalue weighted by Crippen LogP contribution is -2.40. The number of unbranched alkanes of at least 4 members (excludes halogenated alkanes) is 3. The monoisotopic (exact) mass is 307 g/mol. The van der Waals surface area contributed by atoms with Crippen LogP contribution in [0, 0.1) is 0 Å². The van der Waals surface area contributed by atoms with Gasteiger partial charge in [0.1, 0.15) is 0 Å². The second-order valence-corrected chi connectivity index (χ2v) is 5.06. The first kappa shape index (κ1) is 21.5. The Morgan fingerprint density at radius 2 is 1.60 bits per heavy atom. The van der Waals surface area contributed by atoms with E-state index in [1.807, 2.05) is 6.92 Å². The minimum atomic E-state index is -0.0232. The number of amides is 2. The Morgan fingerprint density at radius 3 is 2.10 bits per heavy atom. The predicted molar refractivity (Wildman–Crippen MR) is 85.0 cm³/mol. The van der Waals surface area contributed by atoms with E-state index in [1.54, 1.807) is 19.0 Å². The number of carbonyl (C=O) groups excluding carboxylic acids is 2. The van der Waals surface area contributed by atoms with E-state index in [0.717, 1.165) is 32.1 Å². The summed E-state index contributed by atoms with van der Waals surface area (Å²) in [5.41, 5.74) is 5.42. The minimum Gasteiger partial charge on any atom is -0.347 e. The molecule has 5 nitrogen and oxygen atoms in total. The van der Waals surface area contributed by atoms with Crippen molar-refractivity contribution in [1.29, 1.82) is 0 Å². The van der Waals surface area contributed by atoms with E-state index >= 15 is 0 Å². The average Bonchev–Trinajstić information content (AvgIpc) is 2.37. The molecule has 0 radical (unpaired) electrons. The zero-order valence-electron chi connectivity index (χ0n) is 13.1. The molecule has 20 heavy (non-hydrogen) atoms. The zero-order valence-corrected chi connectivity index (χ0v) is 13.9. The summed E-state index contributed by atoms with van der Waals surface area (Å²) in [6, 6.07) is 0. The van der Waals surface area contributed by atoms with Crippen LogP contribution in [0.1, 0.15) is 45.4 Å². The van der Waals surface area contributed by atoms with Crippen LogP contribution in [0.3, 0.4) is 0 Å². The highest BCUT2D eigenvalue weighted by Crippen LogP contribution is 2.06. The lowest BCUT2D eigenvalue weighted by atomic mass is 10.1. The number of nitrogens with two attached hydrogens (primary N) is 1. The van der Waals surface area contributed by atoms with Crippen molar-refractivity contribution in [1.82, 2.24) is 9.80 Å². The lowest BCUT2D eigenvalue weighted by molar-refractivity contribution is -0.139. The summed E-state index contributed by atoms with van der Waals surface area (Å²) in [5, 5.41) is 0. The molecular weight excluding hydrogens is 278 g/mol. The van der Waals surface area contributed by atoms with E-state index in [0.29, 0.717) is 19.5 Å². The predicted octanol–water partition coefficient (Wildman–Crippen LogP) is 1.64. The Labute approximate surface area is 129 Å². The van der Waals surface area contributed by atoms with Gasteiger partial charge >= 0.3 is 0 Å². The van der Waals surface area contributed by atoms with Crippen LogP contribution in [0.4, 0.5) is 0 Å². The maximum Gasteiger partial charge on any atom is 0.241 e. The largest absolute Gasteiger partial charge is 0.347 e. The van der Waals surface area contributed by atoms with Crippen molar-refractivity contribution in [2.45, 2.75) is 45.4 Å². The van der Waals surface area contributed by atoms with Crippen molar-refractivity contribution in [2.24, 2.45) is 5.73 Å². The van der Waals surface area contributed by atoms with Gasteiger partial charge in [-0.1, -0.05) is 19.8 Å². The molecule has 0 aliphatic heterocycles. The number of hydrogen-bond acceptors (Lipinski definition) is 3. The van der Waals surface area contributed by atoms with Crippen LogP contribution in [0.25, 0.3) is 0 Å². The fraction of sp³-hybridized carbons (Fsp3) is 0.857. The summed E-state index contributed by atoms with van der Waals surface area (Å²) in [4.78, 5) is 26.9. The Kier molecular flexibility index (Phi) is 14.2. The molecule has 2 N–H and O–H groups in total. The number of hydrogen-bond donors (Lipinski definition) is 1. The topological polar surface area (TPSA) is 66.6 Å². The second-order valence-electron chi connectivity index (χ2n) is 5.06. The first-order valence-electron chi connectivity index (χ1n) is 7.20. The molecule has 0 aromatic rings. The smallest absolute Gasteiger partial charge is 0.241 e. The molecule has 0 aliphatic carbocycles. The van der Waals surface area contributed by atoms with Crippen molar-refractivity contribution >= 4 is 24.2 Å². The highest BCUT2D eigenvalue weighted by Gasteiger charge is 2.16. The van der Waals surface area contributed by atoms with E-state index < -0.39 is 0 Å². The SMILES string of the molecule is CCCN(CC(=O)N(C)C)C(=O)CCCCCCN.Cl. The maximum absolute atomic E-state index is 12.1. The summed E-state index contributed by atoms with van der Waals surface area (Å²) in [7, 11) is 3.42. The molecule has 0 rings (SSSR count). The van der Waals surface area contributed by atoms with E-state index in [4.69, 9.17) is 5.73 Å². The van der Waals surface area contributed by atoms with Crippen molar-refractivity contribution in [2.75, 3.05) is 33.7 Å². The van der Waals surface area contributed by atoms with Gasteiger partial charge in [0, 0.05) is 27.1 Å². The standard InChI is InChI=1S/C14H29N3O2.ClH/c1-4-11-17(12-14(19)16(2)3)13(18)9-7-5-6-8-10-15;/h4-12,15H2,1-3H3;1H. The molecular formula is C14H30ClN3O2. The molecule has 0 bridgehead atoms. The normalized spacial score (nSPS) is 9.80. The van der Waals surface area contributed by atoms with Crippen LogP contribution < -0.4 is 5.73 Å². The summed E-state index contributed by atoms with van der Waals surface area (Å²) in [6.45, 7) is 3.58. The number of nitrogens with zero attached hydrogens (tertiary/aromatic N) is 2. The van der Waals surface area contributed by atoms with Crippen LogP contribution in [0.2, 0.25) is 0 Å². The number of rotatable bonds is 10. The summed E-state index contributed by atoms with van der Waals surface area (Å²) in [6.07, 6.45) is 5.42. The van der Waals surface area contributed by atoms with Gasteiger partial charge in [-0.2, -0.15) is 0 Å². The minimum absolute atomic E-state index is 0. The third kappa shape index (κ3) is 10.0. The van der Waals surface area contributed by atoms with Gasteiger partial charge < -0.3 is 15.5 Å². The van der Waals surface area contributed by atoms with Gasteiger partial charge in [-0.25, -0.2) is 0 Å². The van der Waals surface area contributed by atoms with Crippen molar-refractivity contribution in [3.63, 3.8) is 0 Å². The van der Waals surface area contributed by atoms with Crippen LogP contribution in [-0.2, 0) is 9.59 Å². The van der Waals surface area contributed by atoms with Crippen molar-refractivity contribution < 1.29 is 9.59 Å². The molecule has 0 saturated carbocycles. The Hall–Kier alpha value is -0.810. The summed E-state index contributed by atoms with van der Waals surface area (Å²) < 4.78 is 0. The fourth-order valence-corrected chi connectivity index (χ4v) is 1.80. The van der Waals surface area contributed by atoms with E-state index in [-0.39, 0.29) is 30.8 Å². The first-order valence-corrected chi connectivity index (χ1v) is 7.20. The van der Waals surface area contributed by atoms with Gasteiger partial charge in [0.15, 0.2) is 0 Å². The summed E-state index contributed by atoms with van der Waals surface area (Å²) in [5.74, 6) is 0.0646. The molecule has 0 atom stereocenters.